The van der Waals surface area contributed by atoms with Crippen LogP contribution in [-0.4, -0.2) is 69.3 Å². The first-order valence-corrected chi connectivity index (χ1v) is 6.64. The van der Waals surface area contributed by atoms with Gasteiger partial charge in [-0.25, -0.2) is 0 Å². The maximum absolute atomic E-state index is 9.83. The first-order chi connectivity index (χ1) is 2.00. The zero-order chi connectivity index (χ0) is 4.50. The summed E-state index contributed by atoms with van der Waals surface area (Å²) in [6, 6.07) is 0. The fourth-order valence-electron chi connectivity index (χ4n) is 0. The molecule has 0 rings (SSSR count). The van der Waals surface area contributed by atoms with Gasteiger partial charge in [-0.15, -0.1) is 0 Å². The SMILES string of the molecule is C[As](C)(=O)O.[K]. The summed E-state index contributed by atoms with van der Waals surface area (Å²) < 4.78 is 18.0. The number of hydrogen-bond acceptors (Lipinski definition) is 1. The van der Waals surface area contributed by atoms with Crippen molar-refractivity contribution < 1.29 is 7.84 Å². The van der Waals surface area contributed by atoms with E-state index in [-0.39, 0.29) is 51.4 Å². The summed E-state index contributed by atoms with van der Waals surface area (Å²) >= 11 is -3.12. The van der Waals surface area contributed by atoms with Crippen molar-refractivity contribution in [2.75, 3.05) is 0 Å². The summed E-state index contributed by atoms with van der Waals surface area (Å²) in [5, 5.41) is 0. The van der Waals surface area contributed by atoms with Crippen LogP contribution in [0.15, 0.2) is 0 Å². The molecule has 0 aromatic rings. The van der Waals surface area contributed by atoms with Crippen molar-refractivity contribution in [2.45, 2.75) is 11.4 Å². The molecule has 1 radical (unpaired) electrons. The summed E-state index contributed by atoms with van der Waals surface area (Å²) in [7, 11) is 0. The minimum absolute atomic E-state index is 0. The summed E-state index contributed by atoms with van der Waals surface area (Å²) in [6.07, 6.45) is 0. The van der Waals surface area contributed by atoms with E-state index in [2.05, 4.69) is 0 Å². The van der Waals surface area contributed by atoms with Gasteiger partial charge in [0.05, 0.1) is 0 Å². The second-order valence-corrected chi connectivity index (χ2v) is 6.72. The quantitative estimate of drug-likeness (QED) is 0.517. The van der Waals surface area contributed by atoms with E-state index >= 15 is 0 Å². The standard InChI is InChI=1S/C2H7AsO2.K/c1-3(2,4)5;/h1-2H3,(H,4,5);. The van der Waals surface area contributed by atoms with Gasteiger partial charge in [-0.1, -0.05) is 0 Å². The summed E-state index contributed by atoms with van der Waals surface area (Å²) in [5.41, 5.74) is 2.72. The molecule has 0 unspecified atom stereocenters. The van der Waals surface area contributed by atoms with Crippen LogP contribution in [0.3, 0.4) is 0 Å². The molecular formula is C2H7AsKO2. The summed E-state index contributed by atoms with van der Waals surface area (Å²) in [6.45, 7) is 0. The van der Waals surface area contributed by atoms with Gasteiger partial charge in [0, 0.05) is 51.4 Å². The molecule has 0 aliphatic rings. The van der Waals surface area contributed by atoms with Gasteiger partial charge >= 0.3 is 33.1 Å². The van der Waals surface area contributed by atoms with Gasteiger partial charge in [0.2, 0.25) is 0 Å². The molecule has 0 aliphatic heterocycles. The normalized spacial score (nSPS) is 9.83. The summed E-state index contributed by atoms with van der Waals surface area (Å²) in [4.78, 5) is 0. The predicted molar refractivity (Wildman–Crippen MR) is 26.1 cm³/mol. The number of hydrogen-bond donors (Lipinski definition) is 1. The Kier molecular flexibility index (Phi) is 7.05. The van der Waals surface area contributed by atoms with Crippen LogP contribution in [0.4, 0.5) is 0 Å². The molecule has 0 spiro atoms. The zero-order valence-corrected chi connectivity index (χ0v) is 9.30. The van der Waals surface area contributed by atoms with Crippen molar-refractivity contribution in [2.24, 2.45) is 0 Å². The van der Waals surface area contributed by atoms with Crippen molar-refractivity contribution in [3.8, 4) is 0 Å². The topological polar surface area (TPSA) is 37.3 Å². The second-order valence-electron chi connectivity index (χ2n) is 1.29. The van der Waals surface area contributed by atoms with Crippen LogP contribution in [0.2, 0.25) is 11.4 Å². The first kappa shape index (κ1) is 10.9. The van der Waals surface area contributed by atoms with E-state index in [1.165, 1.54) is 11.4 Å². The van der Waals surface area contributed by atoms with Crippen molar-refractivity contribution in [3.63, 3.8) is 0 Å². The molecular weight excluding hydrogens is 170 g/mol. The van der Waals surface area contributed by atoms with Crippen LogP contribution < -0.4 is 0 Å². The van der Waals surface area contributed by atoms with Crippen molar-refractivity contribution in [1.82, 2.24) is 0 Å². The molecule has 33 valence electrons. The Bertz CT molecular complexity index is 57.7. The average Bonchev–Trinajstić information content (AvgIpc) is 0.722. The minimum Gasteiger partial charge on any atom is 0 e. The molecule has 4 heteroatoms. The average molecular weight is 177 g/mol. The van der Waals surface area contributed by atoms with Crippen LogP contribution in [0.5, 0.6) is 0 Å². The van der Waals surface area contributed by atoms with Crippen LogP contribution in [-0.2, 0) is 3.74 Å². The minimum atomic E-state index is -3.12. The molecule has 0 saturated heterocycles. The van der Waals surface area contributed by atoms with E-state index < -0.39 is 13.8 Å². The molecule has 0 aromatic heterocycles. The molecule has 0 bridgehead atoms. The molecule has 0 atom stereocenters. The zero-order valence-electron chi connectivity index (χ0n) is 4.30. The Labute approximate surface area is 82.8 Å². The van der Waals surface area contributed by atoms with Gasteiger partial charge in [0.15, 0.2) is 0 Å². The fourth-order valence-corrected chi connectivity index (χ4v) is 0. The summed E-state index contributed by atoms with van der Waals surface area (Å²) in [5.74, 6) is 0. The molecule has 1 N–H and O–H groups in total. The molecule has 0 aromatic carbocycles. The Hall–Kier alpha value is 1.95. The van der Waals surface area contributed by atoms with Crippen LogP contribution in [0.1, 0.15) is 0 Å². The van der Waals surface area contributed by atoms with Gasteiger partial charge < -0.3 is 0 Å². The maximum Gasteiger partial charge on any atom is 0 e. The van der Waals surface area contributed by atoms with Crippen molar-refractivity contribution in [1.29, 1.82) is 0 Å². The number of rotatable bonds is 0. The van der Waals surface area contributed by atoms with Crippen LogP contribution >= 0.6 is 0 Å². The largest absolute Gasteiger partial charge is 0 e. The van der Waals surface area contributed by atoms with Gasteiger partial charge in [-0.05, 0) is 0 Å². The van der Waals surface area contributed by atoms with Crippen molar-refractivity contribution in [3.05, 3.63) is 0 Å². The van der Waals surface area contributed by atoms with E-state index in [0.717, 1.165) is 0 Å². The van der Waals surface area contributed by atoms with Crippen LogP contribution in [0, 0.1) is 0 Å². The second kappa shape index (κ2) is 3.90. The smallest absolute Gasteiger partial charge is 0 e. The van der Waals surface area contributed by atoms with E-state index in [1.807, 2.05) is 0 Å². The van der Waals surface area contributed by atoms with Crippen LogP contribution in [0.25, 0.3) is 0 Å². The Morgan fingerprint density at radius 1 is 1.50 bits per heavy atom. The Morgan fingerprint density at radius 2 is 1.50 bits per heavy atom. The molecule has 0 saturated carbocycles. The Balaban J connectivity index is 0. The third-order valence-corrected chi connectivity index (χ3v) is 0. The van der Waals surface area contributed by atoms with E-state index in [1.54, 1.807) is 0 Å². The molecule has 0 amide bonds. The third-order valence-electron chi connectivity index (χ3n) is 0. The molecule has 0 fully saturated rings. The van der Waals surface area contributed by atoms with Gasteiger partial charge in [-0.3, -0.25) is 0 Å². The van der Waals surface area contributed by atoms with E-state index in [9.17, 15) is 3.74 Å². The molecule has 6 heavy (non-hydrogen) atoms. The maximum atomic E-state index is 9.83. The third kappa shape index (κ3) is 38.3. The predicted octanol–water partition coefficient (Wildman–Crippen LogP) is -0.270. The molecule has 2 nitrogen and oxygen atoms in total. The van der Waals surface area contributed by atoms with E-state index in [4.69, 9.17) is 4.10 Å². The van der Waals surface area contributed by atoms with Crippen molar-refractivity contribution >= 4 is 65.2 Å². The monoisotopic (exact) mass is 177 g/mol. The van der Waals surface area contributed by atoms with Gasteiger partial charge in [-0.2, -0.15) is 0 Å². The molecule has 0 aliphatic carbocycles. The fraction of sp³-hybridized carbons (Fsp3) is 1.00. The van der Waals surface area contributed by atoms with Gasteiger partial charge in [0.25, 0.3) is 0 Å². The van der Waals surface area contributed by atoms with E-state index in [0.29, 0.717) is 0 Å². The molecule has 0 heterocycles. The Morgan fingerprint density at radius 3 is 1.50 bits per heavy atom. The first-order valence-electron chi connectivity index (χ1n) is 1.28. The van der Waals surface area contributed by atoms with Gasteiger partial charge in [0.1, 0.15) is 0 Å².